The van der Waals surface area contributed by atoms with Crippen LogP contribution in [0.15, 0.2) is 24.3 Å². The summed E-state index contributed by atoms with van der Waals surface area (Å²) in [5.74, 6) is 0. The second kappa shape index (κ2) is 3.69. The molecule has 1 fully saturated rings. The highest BCUT2D eigenvalue weighted by atomic mass is 28.4. The molecular formula is C15H24OSi. The summed E-state index contributed by atoms with van der Waals surface area (Å²) in [6, 6.07) is 8.87. The van der Waals surface area contributed by atoms with Crippen LogP contribution in [0.5, 0.6) is 0 Å². The van der Waals surface area contributed by atoms with Gasteiger partial charge in [-0.05, 0) is 44.0 Å². The van der Waals surface area contributed by atoms with Crippen molar-refractivity contribution in [1.29, 1.82) is 0 Å². The molecule has 0 saturated heterocycles. The SMILES string of the molecule is Cc1ccc([C@@]2(O[Si](C)(C)C)CC2(C)C)cc1. The Morgan fingerprint density at radius 1 is 1.06 bits per heavy atom. The van der Waals surface area contributed by atoms with E-state index in [2.05, 4.69) is 64.7 Å². The fraction of sp³-hybridized carbons (Fsp3) is 0.600. The Labute approximate surface area is 106 Å². The number of hydrogen-bond acceptors (Lipinski definition) is 1. The van der Waals surface area contributed by atoms with Crippen molar-refractivity contribution in [2.24, 2.45) is 5.41 Å². The standard InChI is InChI=1S/C15H24OSi/c1-12-7-9-13(10-8-12)15(11-14(15,2)3)16-17(4,5)6/h7-10H,11H2,1-6H3/t15-/m0/s1. The first-order valence-electron chi connectivity index (χ1n) is 6.44. The van der Waals surface area contributed by atoms with E-state index in [0.717, 1.165) is 6.42 Å². The van der Waals surface area contributed by atoms with Crippen LogP contribution < -0.4 is 0 Å². The van der Waals surface area contributed by atoms with Gasteiger partial charge in [0, 0.05) is 0 Å². The molecule has 0 aromatic heterocycles. The van der Waals surface area contributed by atoms with Crippen LogP contribution >= 0.6 is 0 Å². The fourth-order valence-electron chi connectivity index (χ4n) is 2.65. The van der Waals surface area contributed by atoms with Gasteiger partial charge in [0.25, 0.3) is 0 Å². The largest absolute Gasteiger partial charge is 0.408 e. The van der Waals surface area contributed by atoms with Crippen molar-refractivity contribution in [3.8, 4) is 0 Å². The Kier molecular flexibility index (Phi) is 2.79. The highest BCUT2D eigenvalue weighted by Gasteiger charge is 2.64. The van der Waals surface area contributed by atoms with Gasteiger partial charge in [-0.1, -0.05) is 43.7 Å². The zero-order valence-electron chi connectivity index (χ0n) is 11.9. The van der Waals surface area contributed by atoms with Crippen molar-refractivity contribution in [2.75, 3.05) is 0 Å². The topological polar surface area (TPSA) is 9.23 Å². The fourth-order valence-corrected chi connectivity index (χ4v) is 4.16. The molecule has 0 unspecified atom stereocenters. The van der Waals surface area contributed by atoms with Crippen molar-refractivity contribution < 1.29 is 4.43 Å². The van der Waals surface area contributed by atoms with E-state index in [-0.39, 0.29) is 11.0 Å². The Bertz CT molecular complexity index is 414. The van der Waals surface area contributed by atoms with Crippen LogP contribution in [0.25, 0.3) is 0 Å². The molecule has 1 aromatic rings. The molecule has 1 aliphatic carbocycles. The van der Waals surface area contributed by atoms with Gasteiger partial charge in [-0.3, -0.25) is 0 Å². The van der Waals surface area contributed by atoms with Crippen LogP contribution in [-0.4, -0.2) is 8.32 Å². The molecule has 0 radical (unpaired) electrons. The highest BCUT2D eigenvalue weighted by Crippen LogP contribution is 2.65. The maximum atomic E-state index is 6.52. The molecule has 2 rings (SSSR count). The van der Waals surface area contributed by atoms with Crippen molar-refractivity contribution in [2.45, 2.75) is 52.4 Å². The van der Waals surface area contributed by atoms with E-state index in [0.29, 0.717) is 0 Å². The minimum atomic E-state index is -1.52. The van der Waals surface area contributed by atoms with Gasteiger partial charge >= 0.3 is 0 Å². The van der Waals surface area contributed by atoms with Crippen molar-refractivity contribution >= 4 is 8.32 Å². The molecule has 0 spiro atoms. The summed E-state index contributed by atoms with van der Waals surface area (Å²) < 4.78 is 6.52. The summed E-state index contributed by atoms with van der Waals surface area (Å²) in [6.45, 7) is 13.6. The summed E-state index contributed by atoms with van der Waals surface area (Å²) in [6.07, 6.45) is 1.15. The minimum absolute atomic E-state index is 0.0226. The molecule has 1 aromatic carbocycles. The average molecular weight is 248 g/mol. The molecule has 17 heavy (non-hydrogen) atoms. The van der Waals surface area contributed by atoms with E-state index in [1.807, 2.05) is 0 Å². The monoisotopic (exact) mass is 248 g/mol. The second-order valence-electron chi connectivity index (χ2n) is 6.97. The maximum Gasteiger partial charge on any atom is 0.185 e. The highest BCUT2D eigenvalue weighted by molar-refractivity contribution is 6.69. The molecule has 2 heteroatoms. The van der Waals surface area contributed by atoms with E-state index >= 15 is 0 Å². The molecule has 0 N–H and O–H groups in total. The van der Waals surface area contributed by atoms with Crippen LogP contribution in [0.1, 0.15) is 31.4 Å². The molecule has 1 nitrogen and oxygen atoms in total. The van der Waals surface area contributed by atoms with Gasteiger partial charge in [0.1, 0.15) is 0 Å². The quantitative estimate of drug-likeness (QED) is 0.717. The number of benzene rings is 1. The number of rotatable bonds is 3. The first kappa shape index (κ1) is 12.8. The van der Waals surface area contributed by atoms with Gasteiger partial charge in [0.2, 0.25) is 0 Å². The Hall–Kier alpha value is -0.603. The van der Waals surface area contributed by atoms with Crippen molar-refractivity contribution in [3.05, 3.63) is 35.4 Å². The summed E-state index contributed by atoms with van der Waals surface area (Å²) in [7, 11) is -1.52. The van der Waals surface area contributed by atoms with Crippen LogP contribution in [0.4, 0.5) is 0 Å². The van der Waals surface area contributed by atoms with E-state index in [1.54, 1.807) is 0 Å². The van der Waals surface area contributed by atoms with E-state index in [4.69, 9.17) is 4.43 Å². The molecule has 1 aliphatic rings. The van der Waals surface area contributed by atoms with E-state index < -0.39 is 8.32 Å². The molecule has 0 bridgehead atoms. The lowest BCUT2D eigenvalue weighted by Gasteiger charge is -2.30. The maximum absolute atomic E-state index is 6.52. The van der Waals surface area contributed by atoms with E-state index in [1.165, 1.54) is 11.1 Å². The van der Waals surface area contributed by atoms with Crippen LogP contribution in [0.2, 0.25) is 19.6 Å². The normalized spacial score (nSPS) is 26.9. The molecule has 0 heterocycles. The van der Waals surface area contributed by atoms with Crippen LogP contribution in [0, 0.1) is 12.3 Å². The molecular weight excluding hydrogens is 224 g/mol. The lowest BCUT2D eigenvalue weighted by molar-refractivity contribution is 0.129. The average Bonchev–Trinajstić information content (AvgIpc) is 2.66. The summed E-state index contributed by atoms with van der Waals surface area (Å²) in [5, 5.41) is 0. The lowest BCUT2D eigenvalue weighted by Crippen LogP contribution is -2.34. The molecule has 0 amide bonds. The Morgan fingerprint density at radius 2 is 1.53 bits per heavy atom. The number of aryl methyl sites for hydroxylation is 1. The van der Waals surface area contributed by atoms with E-state index in [9.17, 15) is 0 Å². The first-order valence-corrected chi connectivity index (χ1v) is 9.84. The lowest BCUT2D eigenvalue weighted by atomic mass is 9.98. The smallest absolute Gasteiger partial charge is 0.185 e. The predicted octanol–water partition coefficient (Wildman–Crippen LogP) is 4.47. The summed E-state index contributed by atoms with van der Waals surface area (Å²) >= 11 is 0. The zero-order valence-corrected chi connectivity index (χ0v) is 12.9. The van der Waals surface area contributed by atoms with Crippen molar-refractivity contribution in [1.82, 2.24) is 0 Å². The predicted molar refractivity (Wildman–Crippen MR) is 75.7 cm³/mol. The van der Waals surface area contributed by atoms with Gasteiger partial charge < -0.3 is 4.43 Å². The van der Waals surface area contributed by atoms with Gasteiger partial charge in [-0.15, -0.1) is 0 Å². The van der Waals surface area contributed by atoms with Gasteiger partial charge in [0.15, 0.2) is 8.32 Å². The molecule has 1 saturated carbocycles. The minimum Gasteiger partial charge on any atom is -0.408 e. The zero-order chi connectivity index (χ0) is 12.9. The Morgan fingerprint density at radius 3 is 1.88 bits per heavy atom. The van der Waals surface area contributed by atoms with Crippen LogP contribution in [0.3, 0.4) is 0 Å². The number of hydrogen-bond donors (Lipinski definition) is 0. The van der Waals surface area contributed by atoms with Crippen molar-refractivity contribution in [3.63, 3.8) is 0 Å². The van der Waals surface area contributed by atoms with Gasteiger partial charge in [0.05, 0.1) is 5.60 Å². The van der Waals surface area contributed by atoms with Gasteiger partial charge in [-0.25, -0.2) is 0 Å². The molecule has 0 aliphatic heterocycles. The summed E-state index contributed by atoms with van der Waals surface area (Å²) in [4.78, 5) is 0. The second-order valence-corrected chi connectivity index (χ2v) is 11.4. The van der Waals surface area contributed by atoms with Gasteiger partial charge in [-0.2, -0.15) is 0 Å². The first-order chi connectivity index (χ1) is 7.66. The molecule has 94 valence electrons. The Balaban J connectivity index is 2.34. The summed E-state index contributed by atoms with van der Waals surface area (Å²) in [5.41, 5.74) is 2.93. The van der Waals surface area contributed by atoms with Crippen LogP contribution in [-0.2, 0) is 10.0 Å². The molecule has 1 atom stereocenters. The third-order valence-corrected chi connectivity index (χ3v) is 4.62. The third-order valence-electron chi connectivity index (χ3n) is 3.66. The third kappa shape index (κ3) is 2.34.